The Balaban J connectivity index is 6.70. The van der Waals surface area contributed by atoms with E-state index in [0.29, 0.717) is 0 Å². The van der Waals surface area contributed by atoms with E-state index in [9.17, 15) is 74.6 Å². The van der Waals surface area contributed by atoms with Crippen LogP contribution >= 0.6 is 22.2 Å². The lowest BCUT2D eigenvalue weighted by molar-refractivity contribution is -0.461. The highest BCUT2D eigenvalue weighted by Crippen LogP contribution is 2.65. The van der Waals surface area contributed by atoms with Gasteiger partial charge in [0.15, 0.2) is 8.83 Å². The minimum absolute atomic E-state index is 0.612. The molecule has 0 aliphatic heterocycles. The van der Waals surface area contributed by atoms with Gasteiger partial charge < -0.3 is 0 Å². The standard InChI is InChI=1S/C13H11Cl2F17Si2/c1-34(2,15)4-3-5(33-14)6(16,17)7(18,19)8(20,21)9(22,23)10(24,25)11(26,27)12(28,29)13(30,31)32/h5H,3-4H2,1-2H3. The molecule has 0 aliphatic rings. The lowest BCUT2D eigenvalue weighted by Crippen LogP contribution is -2.74. The third-order valence-corrected chi connectivity index (χ3v) is 8.09. The Morgan fingerprint density at radius 2 is 0.882 bits per heavy atom. The van der Waals surface area contributed by atoms with Gasteiger partial charge in [0.2, 0.25) is 0 Å². The fourth-order valence-corrected chi connectivity index (χ4v) is 5.09. The maximum atomic E-state index is 14.1. The molecule has 34 heavy (non-hydrogen) atoms. The third-order valence-electron chi connectivity index (χ3n) is 4.34. The van der Waals surface area contributed by atoms with Gasteiger partial charge in [-0.05, 0) is 12.5 Å². The number of hydrogen-bond acceptors (Lipinski definition) is 0. The van der Waals surface area contributed by atoms with Crippen molar-refractivity contribution in [3.63, 3.8) is 0 Å². The van der Waals surface area contributed by atoms with Crippen LogP contribution in [-0.4, -0.2) is 63.8 Å². The second kappa shape index (κ2) is 9.29. The molecule has 21 heteroatoms. The van der Waals surface area contributed by atoms with Crippen LogP contribution < -0.4 is 0 Å². The summed E-state index contributed by atoms with van der Waals surface area (Å²) in [7, 11) is -4.95. The molecule has 204 valence electrons. The van der Waals surface area contributed by atoms with Gasteiger partial charge in [0, 0.05) is 5.54 Å². The molecule has 0 nitrogen and oxygen atoms in total. The average Bonchev–Trinajstić information content (AvgIpc) is 2.58. The zero-order valence-electron chi connectivity index (χ0n) is 16.2. The van der Waals surface area contributed by atoms with Crippen molar-refractivity contribution in [3.05, 3.63) is 0 Å². The number of alkyl halides is 17. The number of rotatable bonds is 11. The summed E-state index contributed by atoms with van der Waals surface area (Å²) in [5.74, 6) is -56.4. The zero-order chi connectivity index (χ0) is 28.2. The molecule has 0 heterocycles. The van der Waals surface area contributed by atoms with Gasteiger partial charge in [-0.25, -0.2) is 0 Å². The predicted molar refractivity (Wildman–Crippen MR) is 88.8 cm³/mol. The fourth-order valence-electron chi connectivity index (χ4n) is 2.19. The highest BCUT2D eigenvalue weighted by atomic mass is 35.6. The molecule has 0 amide bonds. The zero-order valence-corrected chi connectivity index (χ0v) is 19.7. The van der Waals surface area contributed by atoms with Gasteiger partial charge in [0.1, 0.15) is 7.38 Å². The summed E-state index contributed by atoms with van der Waals surface area (Å²) in [5.41, 5.74) is -3.19. The van der Waals surface area contributed by atoms with E-state index in [1.165, 1.54) is 13.1 Å². The molecule has 0 aliphatic carbocycles. The van der Waals surface area contributed by atoms with Crippen molar-refractivity contribution in [3.8, 4) is 0 Å². The van der Waals surface area contributed by atoms with E-state index < -0.39 is 81.9 Å². The largest absolute Gasteiger partial charge is 0.460 e. The van der Waals surface area contributed by atoms with Gasteiger partial charge >= 0.3 is 47.6 Å². The van der Waals surface area contributed by atoms with Crippen molar-refractivity contribution in [2.45, 2.75) is 78.7 Å². The second-order valence-electron chi connectivity index (χ2n) is 7.49. The Hall–Kier alpha value is -0.176. The summed E-state index contributed by atoms with van der Waals surface area (Å²) in [4.78, 5) is 0. The molecule has 2 radical (unpaired) electrons. The van der Waals surface area contributed by atoms with Crippen molar-refractivity contribution in [1.29, 1.82) is 0 Å². The molecule has 0 fully saturated rings. The van der Waals surface area contributed by atoms with Gasteiger partial charge in [-0.1, -0.05) is 13.1 Å². The van der Waals surface area contributed by atoms with Crippen LogP contribution in [0.3, 0.4) is 0 Å². The van der Waals surface area contributed by atoms with Crippen LogP contribution in [0.25, 0.3) is 0 Å². The Labute approximate surface area is 192 Å². The minimum Gasteiger partial charge on any atom is -0.200 e. The van der Waals surface area contributed by atoms with Crippen LogP contribution in [0.5, 0.6) is 0 Å². The second-order valence-corrected chi connectivity index (χ2v) is 16.1. The lowest BCUT2D eigenvalue weighted by Gasteiger charge is -2.44. The first kappa shape index (κ1) is 33.8. The van der Waals surface area contributed by atoms with Crippen LogP contribution in [-0.2, 0) is 0 Å². The third kappa shape index (κ3) is 5.12. The van der Waals surface area contributed by atoms with Crippen LogP contribution in [0.2, 0.25) is 24.7 Å². The maximum absolute atomic E-state index is 14.1. The molecule has 0 saturated heterocycles. The SMILES string of the molecule is C[Si](C)(Cl)CCC([Si]Cl)C(F)(F)C(F)(F)C(F)(F)C(F)(F)C(F)(F)C(F)(F)C(F)(F)C(F)(F)F. The van der Waals surface area contributed by atoms with Crippen LogP contribution in [0.1, 0.15) is 6.42 Å². The molecule has 0 rings (SSSR count). The molecule has 0 saturated carbocycles. The molecule has 0 N–H and O–H groups in total. The van der Waals surface area contributed by atoms with Gasteiger partial charge in [-0.15, -0.1) is 0 Å². The Bertz CT molecular complexity index is 713. The molecule has 0 aromatic carbocycles. The number of halogens is 19. The summed E-state index contributed by atoms with van der Waals surface area (Å²) in [6, 6.07) is -0.612. The van der Waals surface area contributed by atoms with Gasteiger partial charge in [0.05, 0.1) is 0 Å². The average molecular weight is 617 g/mol. The topological polar surface area (TPSA) is 0 Å². The molecular formula is C13H11Cl2F17Si2. The van der Waals surface area contributed by atoms with Crippen molar-refractivity contribution in [2.24, 2.45) is 0 Å². The summed E-state index contributed by atoms with van der Waals surface area (Å²) in [6.45, 7) is 2.43. The van der Waals surface area contributed by atoms with Crippen LogP contribution in [0.15, 0.2) is 0 Å². The van der Waals surface area contributed by atoms with Crippen molar-refractivity contribution >= 4 is 38.4 Å². The summed E-state index contributed by atoms with van der Waals surface area (Å²) < 4.78 is 226. The normalized spacial score (nSPS) is 17.2. The molecular weight excluding hydrogens is 606 g/mol. The van der Waals surface area contributed by atoms with E-state index in [1.54, 1.807) is 0 Å². The van der Waals surface area contributed by atoms with Crippen molar-refractivity contribution < 1.29 is 74.6 Å². The lowest BCUT2D eigenvalue weighted by atomic mass is 9.88. The minimum atomic E-state index is -8.63. The van der Waals surface area contributed by atoms with E-state index >= 15 is 0 Å². The highest BCUT2D eigenvalue weighted by Gasteiger charge is 2.95. The molecule has 1 atom stereocenters. The van der Waals surface area contributed by atoms with Crippen molar-refractivity contribution in [1.82, 2.24) is 0 Å². The molecule has 0 aromatic rings. The van der Waals surface area contributed by atoms with Crippen LogP contribution in [0, 0.1) is 0 Å². The quantitative estimate of drug-likeness (QED) is 0.124. The van der Waals surface area contributed by atoms with Gasteiger partial charge in [0.25, 0.3) is 0 Å². The van der Waals surface area contributed by atoms with E-state index in [4.69, 9.17) is 22.2 Å². The molecule has 1 unspecified atom stereocenters. The van der Waals surface area contributed by atoms with Crippen molar-refractivity contribution in [2.75, 3.05) is 0 Å². The Morgan fingerprint density at radius 3 is 1.15 bits per heavy atom. The predicted octanol–water partition coefficient (Wildman–Crippen LogP) is 8.48. The van der Waals surface area contributed by atoms with Crippen LogP contribution in [0.4, 0.5) is 74.6 Å². The number of hydrogen-bond donors (Lipinski definition) is 0. The first-order valence-corrected chi connectivity index (χ1v) is 14.5. The summed E-state index contributed by atoms with van der Waals surface area (Å²) in [6.07, 6.45) is -9.06. The summed E-state index contributed by atoms with van der Waals surface area (Å²) in [5, 5.41) is 0. The molecule has 0 spiro atoms. The Morgan fingerprint density at radius 1 is 0.588 bits per heavy atom. The van der Waals surface area contributed by atoms with E-state index in [-0.39, 0.29) is 0 Å². The van der Waals surface area contributed by atoms with Gasteiger partial charge in [-0.2, -0.15) is 96.8 Å². The van der Waals surface area contributed by atoms with Gasteiger partial charge in [-0.3, -0.25) is 0 Å². The highest BCUT2D eigenvalue weighted by molar-refractivity contribution is 7.19. The summed E-state index contributed by atoms with van der Waals surface area (Å²) >= 11 is 10.7. The van der Waals surface area contributed by atoms with E-state index in [2.05, 4.69) is 0 Å². The first-order valence-electron chi connectivity index (χ1n) is 8.18. The molecule has 0 bridgehead atoms. The smallest absolute Gasteiger partial charge is 0.200 e. The molecule has 0 aromatic heterocycles. The maximum Gasteiger partial charge on any atom is 0.460 e. The Kier molecular flexibility index (Phi) is 9.24. The van der Waals surface area contributed by atoms with E-state index in [0.717, 1.165) is 0 Å². The van der Waals surface area contributed by atoms with E-state index in [1.807, 2.05) is 0 Å². The monoisotopic (exact) mass is 616 g/mol. The fraction of sp³-hybridized carbons (Fsp3) is 1.00. The first-order chi connectivity index (χ1) is 14.4.